The van der Waals surface area contributed by atoms with E-state index in [2.05, 4.69) is 10.4 Å². The lowest BCUT2D eigenvalue weighted by atomic mass is 10.0. The van der Waals surface area contributed by atoms with Gasteiger partial charge in [0.1, 0.15) is 5.82 Å². The molecule has 0 fully saturated rings. The number of pyridine rings is 1. The van der Waals surface area contributed by atoms with Crippen LogP contribution in [0.1, 0.15) is 10.4 Å². The number of carbonyl (C=O) groups excluding carboxylic acids is 1. The van der Waals surface area contributed by atoms with Gasteiger partial charge in [0.15, 0.2) is 0 Å². The largest absolute Gasteiger partial charge is 0.290 e. The molecule has 0 bridgehead atoms. The van der Waals surface area contributed by atoms with Gasteiger partial charge in [-0.15, -0.1) is 0 Å². The van der Waals surface area contributed by atoms with Crippen LogP contribution in [-0.2, 0) is 0 Å². The number of carbonyl (C=O) groups is 1. The second-order valence-electron chi connectivity index (χ2n) is 4.55. The molecule has 3 aromatic rings. The Morgan fingerprint density at radius 3 is 2.52 bits per heavy atom. The van der Waals surface area contributed by atoms with Gasteiger partial charge in [0, 0.05) is 10.9 Å². The molecule has 5 heteroatoms. The molecule has 3 N–H and O–H groups in total. The van der Waals surface area contributed by atoms with Crippen LogP contribution in [0.4, 0.5) is 4.39 Å². The predicted octanol–water partition coefficient (Wildman–Crippen LogP) is 2.64. The maximum absolute atomic E-state index is 13.0. The first kappa shape index (κ1) is 13.2. The number of nitrogens with one attached hydrogen (secondary N) is 1. The van der Waals surface area contributed by atoms with Gasteiger partial charge >= 0.3 is 0 Å². The molecule has 0 atom stereocenters. The van der Waals surface area contributed by atoms with Crippen molar-refractivity contribution in [2.24, 2.45) is 5.84 Å². The summed E-state index contributed by atoms with van der Waals surface area (Å²) in [6.45, 7) is 0. The molecule has 0 aliphatic carbocycles. The second-order valence-corrected chi connectivity index (χ2v) is 4.55. The van der Waals surface area contributed by atoms with E-state index in [1.165, 1.54) is 12.1 Å². The minimum Gasteiger partial charge on any atom is -0.290 e. The van der Waals surface area contributed by atoms with Crippen molar-refractivity contribution in [3.63, 3.8) is 0 Å². The van der Waals surface area contributed by atoms with Crippen LogP contribution >= 0.6 is 0 Å². The number of hydrazine groups is 1. The van der Waals surface area contributed by atoms with Crippen LogP contribution in [-0.4, -0.2) is 10.9 Å². The average molecular weight is 281 g/mol. The third kappa shape index (κ3) is 2.46. The Hall–Kier alpha value is -2.79. The van der Waals surface area contributed by atoms with Gasteiger partial charge in [-0.1, -0.05) is 18.2 Å². The summed E-state index contributed by atoms with van der Waals surface area (Å²) in [4.78, 5) is 16.5. The summed E-state index contributed by atoms with van der Waals surface area (Å²) in [5, 5.41) is 0.714. The Morgan fingerprint density at radius 2 is 1.81 bits per heavy atom. The number of aromatic nitrogens is 1. The van der Waals surface area contributed by atoms with E-state index < -0.39 is 5.91 Å². The number of fused-ring (bicyclic) bond motifs is 1. The minimum atomic E-state index is -0.392. The molecule has 1 aromatic heterocycles. The molecule has 1 amide bonds. The molecule has 0 radical (unpaired) electrons. The Kier molecular flexibility index (Phi) is 3.33. The van der Waals surface area contributed by atoms with Gasteiger partial charge in [-0.3, -0.25) is 10.2 Å². The van der Waals surface area contributed by atoms with Crippen molar-refractivity contribution in [1.82, 2.24) is 10.4 Å². The fourth-order valence-electron chi connectivity index (χ4n) is 2.21. The lowest BCUT2D eigenvalue weighted by Gasteiger charge is -2.08. The van der Waals surface area contributed by atoms with E-state index in [9.17, 15) is 9.18 Å². The fraction of sp³-hybridized carbons (Fsp3) is 0. The van der Waals surface area contributed by atoms with Gasteiger partial charge < -0.3 is 0 Å². The van der Waals surface area contributed by atoms with E-state index in [4.69, 9.17) is 5.84 Å². The maximum atomic E-state index is 13.0. The van der Waals surface area contributed by atoms with Crippen LogP contribution in [0.25, 0.3) is 22.2 Å². The third-order valence-electron chi connectivity index (χ3n) is 3.23. The number of nitrogen functional groups attached to an aromatic ring is 1. The summed E-state index contributed by atoms with van der Waals surface area (Å²) in [6, 6.07) is 14.9. The van der Waals surface area contributed by atoms with Gasteiger partial charge in [0.05, 0.1) is 16.8 Å². The van der Waals surface area contributed by atoms with E-state index in [0.717, 1.165) is 5.56 Å². The molecule has 0 aliphatic rings. The van der Waals surface area contributed by atoms with Gasteiger partial charge in [0.25, 0.3) is 5.91 Å². The van der Waals surface area contributed by atoms with E-state index in [0.29, 0.717) is 22.2 Å². The van der Waals surface area contributed by atoms with Crippen molar-refractivity contribution in [1.29, 1.82) is 0 Å². The van der Waals surface area contributed by atoms with Crippen molar-refractivity contribution in [3.05, 3.63) is 66.0 Å². The molecular formula is C16H12FN3O. The second kappa shape index (κ2) is 5.30. The summed E-state index contributed by atoms with van der Waals surface area (Å²) in [5.41, 5.74) is 4.57. The van der Waals surface area contributed by atoms with Crippen molar-refractivity contribution in [2.75, 3.05) is 0 Å². The number of nitrogens with two attached hydrogens (primary N) is 1. The highest BCUT2D eigenvalue weighted by Crippen LogP contribution is 2.24. The maximum Gasteiger partial charge on any atom is 0.265 e. The number of hydrogen-bond donors (Lipinski definition) is 2. The first-order chi connectivity index (χ1) is 10.2. The molecule has 0 saturated heterocycles. The summed E-state index contributed by atoms with van der Waals surface area (Å²) < 4.78 is 13.0. The molecule has 0 unspecified atom stereocenters. The standard InChI is InChI=1S/C16H12FN3O/c17-11-7-5-10(6-8-11)15-9-13(16(21)20-18)12-3-1-2-4-14(12)19-15/h1-9H,18H2,(H,20,21). The number of hydrogen-bond acceptors (Lipinski definition) is 3. The molecule has 1 heterocycles. The molecule has 0 spiro atoms. The zero-order valence-corrected chi connectivity index (χ0v) is 11.0. The number of rotatable bonds is 2. The van der Waals surface area contributed by atoms with Gasteiger partial charge in [0.2, 0.25) is 0 Å². The minimum absolute atomic E-state index is 0.320. The Morgan fingerprint density at radius 1 is 1.10 bits per heavy atom. The average Bonchev–Trinajstić information content (AvgIpc) is 2.53. The SMILES string of the molecule is NNC(=O)c1cc(-c2ccc(F)cc2)nc2ccccc12. The Bertz CT molecular complexity index is 815. The summed E-state index contributed by atoms with van der Waals surface area (Å²) in [6.07, 6.45) is 0. The van der Waals surface area contributed by atoms with E-state index >= 15 is 0 Å². The molecule has 0 aliphatic heterocycles. The smallest absolute Gasteiger partial charge is 0.265 e. The normalized spacial score (nSPS) is 10.6. The highest BCUT2D eigenvalue weighted by molar-refractivity contribution is 6.06. The number of halogens is 1. The van der Waals surface area contributed by atoms with E-state index in [1.54, 1.807) is 24.3 Å². The van der Waals surface area contributed by atoms with Crippen LogP contribution in [0, 0.1) is 5.82 Å². The molecule has 21 heavy (non-hydrogen) atoms. The predicted molar refractivity (Wildman–Crippen MR) is 78.8 cm³/mol. The Labute approximate surface area is 120 Å². The first-order valence-corrected chi connectivity index (χ1v) is 6.36. The number of benzene rings is 2. The van der Waals surface area contributed by atoms with Crippen LogP contribution in [0.5, 0.6) is 0 Å². The van der Waals surface area contributed by atoms with Crippen molar-refractivity contribution < 1.29 is 9.18 Å². The van der Waals surface area contributed by atoms with Crippen LogP contribution < -0.4 is 11.3 Å². The quantitative estimate of drug-likeness (QED) is 0.431. The summed E-state index contributed by atoms with van der Waals surface area (Å²) in [5.74, 6) is 4.52. The van der Waals surface area contributed by atoms with Gasteiger partial charge in [-0.25, -0.2) is 15.2 Å². The highest BCUT2D eigenvalue weighted by Gasteiger charge is 2.12. The highest BCUT2D eigenvalue weighted by atomic mass is 19.1. The monoisotopic (exact) mass is 281 g/mol. The molecule has 3 rings (SSSR count). The summed E-state index contributed by atoms with van der Waals surface area (Å²) >= 11 is 0. The van der Waals surface area contributed by atoms with Crippen molar-refractivity contribution in [2.45, 2.75) is 0 Å². The molecule has 2 aromatic carbocycles. The van der Waals surface area contributed by atoms with Crippen LogP contribution in [0.3, 0.4) is 0 Å². The van der Waals surface area contributed by atoms with Crippen molar-refractivity contribution >= 4 is 16.8 Å². The zero-order chi connectivity index (χ0) is 14.8. The number of nitrogens with zero attached hydrogens (tertiary/aromatic N) is 1. The summed E-state index contributed by atoms with van der Waals surface area (Å²) in [7, 11) is 0. The Balaban J connectivity index is 2.25. The van der Waals surface area contributed by atoms with Crippen LogP contribution in [0.15, 0.2) is 54.6 Å². The molecule has 0 saturated carbocycles. The number of amides is 1. The van der Waals surface area contributed by atoms with Crippen molar-refractivity contribution in [3.8, 4) is 11.3 Å². The molecular weight excluding hydrogens is 269 g/mol. The fourth-order valence-corrected chi connectivity index (χ4v) is 2.21. The van der Waals surface area contributed by atoms with E-state index in [1.807, 2.05) is 18.2 Å². The molecule has 4 nitrogen and oxygen atoms in total. The lowest BCUT2D eigenvalue weighted by Crippen LogP contribution is -2.30. The lowest BCUT2D eigenvalue weighted by molar-refractivity contribution is 0.0955. The molecule has 104 valence electrons. The third-order valence-corrected chi connectivity index (χ3v) is 3.23. The van der Waals surface area contributed by atoms with Gasteiger partial charge in [-0.05, 0) is 36.4 Å². The number of para-hydroxylation sites is 1. The zero-order valence-electron chi connectivity index (χ0n) is 11.0. The van der Waals surface area contributed by atoms with Crippen LogP contribution in [0.2, 0.25) is 0 Å². The van der Waals surface area contributed by atoms with Gasteiger partial charge in [-0.2, -0.15) is 0 Å². The topological polar surface area (TPSA) is 68.0 Å². The first-order valence-electron chi connectivity index (χ1n) is 6.36. The van der Waals surface area contributed by atoms with E-state index in [-0.39, 0.29) is 5.82 Å².